The van der Waals surface area contributed by atoms with E-state index < -0.39 is 0 Å². The second-order valence-electron chi connectivity index (χ2n) is 7.38. The second-order valence-corrected chi connectivity index (χ2v) is 7.38. The van der Waals surface area contributed by atoms with Crippen LogP contribution in [0.5, 0.6) is 5.75 Å². The molecule has 3 aromatic heterocycles. The van der Waals surface area contributed by atoms with Gasteiger partial charge in [-0.2, -0.15) is 5.10 Å². The van der Waals surface area contributed by atoms with Crippen molar-refractivity contribution in [1.82, 2.24) is 34.9 Å². The molecule has 3 N–H and O–H groups in total. The van der Waals surface area contributed by atoms with E-state index >= 15 is 0 Å². The van der Waals surface area contributed by atoms with Gasteiger partial charge in [0.15, 0.2) is 0 Å². The van der Waals surface area contributed by atoms with E-state index in [-0.39, 0.29) is 5.91 Å². The molecule has 1 saturated heterocycles. The summed E-state index contributed by atoms with van der Waals surface area (Å²) in [6.45, 7) is 3.11. The summed E-state index contributed by atoms with van der Waals surface area (Å²) >= 11 is 0. The summed E-state index contributed by atoms with van der Waals surface area (Å²) in [6.07, 6.45) is 4.92. The lowest BCUT2D eigenvalue weighted by atomic mass is 10.1. The average Bonchev–Trinajstić information content (AvgIpc) is 3.40. The molecular formula is C20H22N8O2. The molecular weight excluding hydrogens is 384 g/mol. The van der Waals surface area contributed by atoms with Crippen LogP contribution in [0.3, 0.4) is 0 Å². The zero-order valence-electron chi connectivity index (χ0n) is 16.8. The molecule has 1 aromatic carbocycles. The summed E-state index contributed by atoms with van der Waals surface area (Å²) in [6, 6.07) is 3.80. The van der Waals surface area contributed by atoms with Crippen LogP contribution in [0.4, 0.5) is 11.5 Å². The molecule has 1 fully saturated rings. The van der Waals surface area contributed by atoms with Crippen molar-refractivity contribution in [3.05, 3.63) is 36.4 Å². The number of piperazine rings is 1. The Morgan fingerprint density at radius 3 is 2.83 bits per heavy atom. The number of nitrogens with zero attached hydrogens (tertiary/aromatic N) is 5. The normalized spacial score (nSPS) is 15.1. The Bertz CT molecular complexity index is 1220. The third-order valence-corrected chi connectivity index (χ3v) is 5.50. The van der Waals surface area contributed by atoms with Crippen LogP contribution in [0.2, 0.25) is 0 Å². The predicted molar refractivity (Wildman–Crippen MR) is 113 cm³/mol. The molecule has 0 atom stereocenters. The number of ether oxygens (including phenoxy) is 1. The molecule has 0 bridgehead atoms. The number of aromatic amines is 2. The summed E-state index contributed by atoms with van der Waals surface area (Å²) in [5, 5.41) is 11.9. The van der Waals surface area contributed by atoms with Gasteiger partial charge in [0, 0.05) is 43.8 Å². The third kappa shape index (κ3) is 3.11. The number of likely N-dealkylation sites (N-methyl/N-ethyl adjacent to an activating group) is 1. The molecule has 10 heteroatoms. The fraction of sp³-hybridized carbons (Fsp3) is 0.300. The van der Waals surface area contributed by atoms with Gasteiger partial charge in [0.05, 0.1) is 35.5 Å². The van der Waals surface area contributed by atoms with E-state index in [1.54, 1.807) is 19.5 Å². The topological polar surface area (TPSA) is 115 Å². The number of carbonyl (C=O) groups excluding carboxylic acids is 1. The Balaban J connectivity index is 1.54. The van der Waals surface area contributed by atoms with Gasteiger partial charge in [0.2, 0.25) is 0 Å². The number of carbonyl (C=O) groups is 1. The Labute approximate surface area is 172 Å². The first-order valence-corrected chi connectivity index (χ1v) is 9.72. The number of anilines is 2. The van der Waals surface area contributed by atoms with Crippen molar-refractivity contribution in [1.29, 1.82) is 0 Å². The largest absolute Gasteiger partial charge is 0.494 e. The van der Waals surface area contributed by atoms with E-state index in [2.05, 4.69) is 42.4 Å². The molecule has 1 aliphatic heterocycles. The van der Waals surface area contributed by atoms with E-state index in [0.717, 1.165) is 29.7 Å². The quantitative estimate of drug-likeness (QED) is 0.475. The first-order valence-electron chi connectivity index (χ1n) is 9.72. The molecule has 0 saturated carbocycles. The van der Waals surface area contributed by atoms with Crippen molar-refractivity contribution in [3.63, 3.8) is 0 Å². The van der Waals surface area contributed by atoms with Crippen molar-refractivity contribution in [3.8, 4) is 5.75 Å². The maximum atomic E-state index is 13.2. The highest BCUT2D eigenvalue weighted by atomic mass is 16.5. The van der Waals surface area contributed by atoms with Crippen LogP contribution in [0.15, 0.2) is 30.9 Å². The minimum Gasteiger partial charge on any atom is -0.494 e. The monoisotopic (exact) mass is 406 g/mol. The van der Waals surface area contributed by atoms with Crippen LogP contribution in [-0.4, -0.2) is 81.2 Å². The van der Waals surface area contributed by atoms with Crippen LogP contribution in [0.1, 0.15) is 10.4 Å². The van der Waals surface area contributed by atoms with Crippen LogP contribution < -0.4 is 10.1 Å². The summed E-state index contributed by atoms with van der Waals surface area (Å²) in [7, 11) is 3.67. The Hall–Kier alpha value is -3.66. The third-order valence-electron chi connectivity index (χ3n) is 5.50. The molecule has 154 valence electrons. The van der Waals surface area contributed by atoms with Gasteiger partial charge in [-0.25, -0.2) is 9.97 Å². The first-order chi connectivity index (χ1) is 14.6. The standard InChI is InChI=1S/C20H22N8O2/c1-27-3-5-28(6-4-27)20(29)13-10-21-18-17(13)19(23-11-22-18)25-15-7-12-9-24-26-14(12)8-16(15)30-2/h7-11H,3-6H2,1-2H3,(H,24,26)(H2,21,22,23,25). The maximum absolute atomic E-state index is 13.2. The smallest absolute Gasteiger partial charge is 0.256 e. The van der Waals surface area contributed by atoms with Gasteiger partial charge in [-0.1, -0.05) is 0 Å². The zero-order chi connectivity index (χ0) is 20.7. The molecule has 10 nitrogen and oxygen atoms in total. The number of benzene rings is 1. The molecule has 0 radical (unpaired) electrons. The Kier molecular flexibility index (Phi) is 4.47. The van der Waals surface area contributed by atoms with Gasteiger partial charge < -0.3 is 24.8 Å². The highest BCUT2D eigenvalue weighted by molar-refractivity contribution is 6.10. The molecule has 30 heavy (non-hydrogen) atoms. The van der Waals surface area contributed by atoms with Crippen molar-refractivity contribution in [2.45, 2.75) is 0 Å². The van der Waals surface area contributed by atoms with Gasteiger partial charge in [-0.15, -0.1) is 0 Å². The summed E-state index contributed by atoms with van der Waals surface area (Å²) in [5.74, 6) is 1.16. The highest BCUT2D eigenvalue weighted by Crippen LogP contribution is 2.34. The lowest BCUT2D eigenvalue weighted by Gasteiger charge is -2.32. The van der Waals surface area contributed by atoms with Gasteiger partial charge in [-0.3, -0.25) is 9.89 Å². The molecule has 0 spiro atoms. The average molecular weight is 406 g/mol. The van der Waals surface area contributed by atoms with Gasteiger partial charge in [0.25, 0.3) is 5.91 Å². The van der Waals surface area contributed by atoms with E-state index in [4.69, 9.17) is 4.74 Å². The van der Waals surface area contributed by atoms with Crippen LogP contribution >= 0.6 is 0 Å². The molecule has 1 amide bonds. The minimum atomic E-state index is -0.0237. The van der Waals surface area contributed by atoms with Crippen LogP contribution in [0.25, 0.3) is 21.9 Å². The fourth-order valence-corrected chi connectivity index (χ4v) is 3.77. The second kappa shape index (κ2) is 7.30. The van der Waals surface area contributed by atoms with Crippen molar-refractivity contribution >= 4 is 39.3 Å². The molecule has 5 rings (SSSR count). The number of fused-ring (bicyclic) bond motifs is 2. The van der Waals surface area contributed by atoms with Crippen LogP contribution in [-0.2, 0) is 0 Å². The molecule has 4 aromatic rings. The van der Waals surface area contributed by atoms with E-state index in [1.807, 2.05) is 17.0 Å². The van der Waals surface area contributed by atoms with Crippen molar-refractivity contribution < 1.29 is 9.53 Å². The molecule has 1 aliphatic rings. The number of H-pyrrole nitrogens is 2. The first kappa shape index (κ1) is 18.4. The van der Waals surface area contributed by atoms with E-state index in [0.29, 0.717) is 41.3 Å². The van der Waals surface area contributed by atoms with E-state index in [1.165, 1.54) is 6.33 Å². The summed E-state index contributed by atoms with van der Waals surface area (Å²) in [5.41, 5.74) is 2.76. The number of amides is 1. The van der Waals surface area contributed by atoms with E-state index in [9.17, 15) is 4.79 Å². The number of hydrogen-bond donors (Lipinski definition) is 3. The van der Waals surface area contributed by atoms with Gasteiger partial charge >= 0.3 is 0 Å². The number of nitrogens with one attached hydrogen (secondary N) is 3. The molecule has 0 aliphatic carbocycles. The number of hydrogen-bond acceptors (Lipinski definition) is 7. The number of aromatic nitrogens is 5. The van der Waals surface area contributed by atoms with Crippen molar-refractivity contribution in [2.75, 3.05) is 45.7 Å². The van der Waals surface area contributed by atoms with Crippen molar-refractivity contribution in [2.24, 2.45) is 0 Å². The number of rotatable bonds is 4. The van der Waals surface area contributed by atoms with Gasteiger partial charge in [-0.05, 0) is 13.1 Å². The fourth-order valence-electron chi connectivity index (χ4n) is 3.77. The lowest BCUT2D eigenvalue weighted by Crippen LogP contribution is -2.47. The predicted octanol–water partition coefficient (Wildman–Crippen LogP) is 1.97. The maximum Gasteiger partial charge on any atom is 0.256 e. The Morgan fingerprint density at radius 1 is 1.20 bits per heavy atom. The Morgan fingerprint density at radius 2 is 2.03 bits per heavy atom. The molecule has 0 unspecified atom stereocenters. The van der Waals surface area contributed by atoms with Gasteiger partial charge in [0.1, 0.15) is 23.5 Å². The summed E-state index contributed by atoms with van der Waals surface area (Å²) < 4.78 is 5.53. The SMILES string of the molecule is COc1cc2[nH]ncc2cc1Nc1ncnc2[nH]cc(C(=O)N3CCN(C)CC3)c12. The van der Waals surface area contributed by atoms with Crippen LogP contribution in [0, 0.1) is 0 Å². The lowest BCUT2D eigenvalue weighted by molar-refractivity contribution is 0.0666. The highest BCUT2D eigenvalue weighted by Gasteiger charge is 2.25. The summed E-state index contributed by atoms with van der Waals surface area (Å²) in [4.78, 5) is 29.1. The minimum absolute atomic E-state index is 0.0237. The number of methoxy groups -OCH3 is 1. The molecule has 4 heterocycles. The zero-order valence-corrected chi connectivity index (χ0v) is 16.8.